The first kappa shape index (κ1) is 36.5. The minimum absolute atomic E-state index is 0.883. The van der Waals surface area contributed by atoms with E-state index in [4.69, 9.17) is 8.83 Å². The topological polar surface area (TPSA) is 29.5 Å². The SMILES string of the molecule is c1ccc(-c2ccc(N(c3ccc(-c4ccc5oc6c(-c7ccccc7)cccc6c5c4)cc3)c3ccc(-c4cccc5oc6ccccc6c45)cc3)cc2-c2ccccc2)cc1. The molecule has 0 saturated heterocycles. The molecule has 0 amide bonds. The molecule has 0 aliphatic rings. The second-order valence-electron chi connectivity index (χ2n) is 16.0. The van der Waals surface area contributed by atoms with Crippen LogP contribution >= 0.6 is 0 Å². The quantitative estimate of drug-likeness (QED) is 0.153. The van der Waals surface area contributed by atoms with E-state index in [2.05, 4.69) is 223 Å². The molecular formula is C60H39NO2. The zero-order valence-corrected chi connectivity index (χ0v) is 34.3. The standard InChI is InChI=1S/C60H39NO2/c1-4-14-41(15-5-1)49-36-35-48(39-54(49)43-18-8-3-9-19-43)61(47-33-28-44(29-34-47)50-21-13-25-58-59(50)53-20-10-11-24-56(53)62-58)46-31-26-40(27-32-46)45-30-37-57-55(38-45)52-23-12-22-51(60(52)63-57)42-16-6-2-7-17-42/h1-39H. The van der Waals surface area contributed by atoms with E-state index < -0.39 is 0 Å². The van der Waals surface area contributed by atoms with E-state index in [1.165, 1.54) is 22.3 Å². The molecule has 63 heavy (non-hydrogen) atoms. The third-order valence-electron chi connectivity index (χ3n) is 12.3. The van der Waals surface area contributed by atoms with Gasteiger partial charge in [0.1, 0.15) is 22.3 Å². The van der Waals surface area contributed by atoms with E-state index >= 15 is 0 Å². The van der Waals surface area contributed by atoms with E-state index in [0.29, 0.717) is 0 Å². The lowest BCUT2D eigenvalue weighted by atomic mass is 9.93. The average Bonchev–Trinajstić information content (AvgIpc) is 3.94. The lowest BCUT2D eigenvalue weighted by Gasteiger charge is -2.27. The van der Waals surface area contributed by atoms with Crippen LogP contribution in [0.3, 0.4) is 0 Å². The largest absolute Gasteiger partial charge is 0.456 e. The van der Waals surface area contributed by atoms with Gasteiger partial charge in [-0.15, -0.1) is 0 Å². The van der Waals surface area contributed by atoms with Crippen LogP contribution in [0.2, 0.25) is 0 Å². The van der Waals surface area contributed by atoms with Gasteiger partial charge in [-0.25, -0.2) is 0 Å². The maximum Gasteiger partial charge on any atom is 0.143 e. The monoisotopic (exact) mass is 805 g/mol. The van der Waals surface area contributed by atoms with Gasteiger partial charge in [-0.05, 0) is 111 Å². The summed E-state index contributed by atoms with van der Waals surface area (Å²) in [6, 6.07) is 84.1. The average molecular weight is 806 g/mol. The number of benzene rings is 10. The predicted molar refractivity (Wildman–Crippen MR) is 263 cm³/mol. The molecule has 0 bridgehead atoms. The molecule has 2 heterocycles. The van der Waals surface area contributed by atoms with Crippen molar-refractivity contribution >= 4 is 60.9 Å². The summed E-state index contributed by atoms with van der Waals surface area (Å²) in [6.07, 6.45) is 0. The Morgan fingerprint density at radius 2 is 0.762 bits per heavy atom. The van der Waals surface area contributed by atoms with Crippen molar-refractivity contribution in [3.05, 3.63) is 237 Å². The van der Waals surface area contributed by atoms with Crippen LogP contribution in [0.5, 0.6) is 0 Å². The highest BCUT2D eigenvalue weighted by molar-refractivity contribution is 6.13. The first-order chi connectivity index (χ1) is 31.2. The summed E-state index contributed by atoms with van der Waals surface area (Å²) in [7, 11) is 0. The number of nitrogens with zero attached hydrogens (tertiary/aromatic N) is 1. The van der Waals surface area contributed by atoms with Crippen LogP contribution in [0.25, 0.3) is 99.5 Å². The zero-order chi connectivity index (χ0) is 41.7. The smallest absolute Gasteiger partial charge is 0.143 e. The molecule has 296 valence electrons. The summed E-state index contributed by atoms with van der Waals surface area (Å²) in [5, 5.41) is 4.48. The Bertz CT molecular complexity index is 3590. The molecule has 3 nitrogen and oxygen atoms in total. The van der Waals surface area contributed by atoms with Gasteiger partial charge in [0.2, 0.25) is 0 Å². The van der Waals surface area contributed by atoms with E-state index in [9.17, 15) is 0 Å². The minimum atomic E-state index is 0.883. The highest BCUT2D eigenvalue weighted by atomic mass is 16.3. The Labute approximate surface area is 365 Å². The van der Waals surface area contributed by atoms with Crippen LogP contribution in [-0.4, -0.2) is 0 Å². The predicted octanol–water partition coefficient (Wildman–Crippen LogP) is 17.3. The Kier molecular flexibility index (Phi) is 8.83. The lowest BCUT2D eigenvalue weighted by Crippen LogP contribution is -2.10. The van der Waals surface area contributed by atoms with Crippen molar-refractivity contribution in [3.63, 3.8) is 0 Å². The summed E-state index contributed by atoms with van der Waals surface area (Å²) in [6.45, 7) is 0. The molecule has 0 spiro atoms. The molecule has 0 aliphatic carbocycles. The molecule has 0 N–H and O–H groups in total. The van der Waals surface area contributed by atoms with Crippen LogP contribution in [0.1, 0.15) is 0 Å². The molecule has 12 rings (SSSR count). The van der Waals surface area contributed by atoms with E-state index in [-0.39, 0.29) is 0 Å². The van der Waals surface area contributed by atoms with Gasteiger partial charge >= 0.3 is 0 Å². The highest BCUT2D eigenvalue weighted by Crippen LogP contribution is 2.44. The second-order valence-corrected chi connectivity index (χ2v) is 16.0. The van der Waals surface area contributed by atoms with Gasteiger partial charge in [0.25, 0.3) is 0 Å². The van der Waals surface area contributed by atoms with Gasteiger partial charge < -0.3 is 13.7 Å². The Morgan fingerprint density at radius 1 is 0.254 bits per heavy atom. The van der Waals surface area contributed by atoms with Crippen molar-refractivity contribution in [3.8, 4) is 55.6 Å². The van der Waals surface area contributed by atoms with Crippen molar-refractivity contribution in [2.45, 2.75) is 0 Å². The number of rotatable bonds is 8. The number of furan rings is 2. The Balaban J connectivity index is 0.971. The summed E-state index contributed by atoms with van der Waals surface area (Å²) in [5.74, 6) is 0. The number of hydrogen-bond donors (Lipinski definition) is 0. The number of fused-ring (bicyclic) bond motifs is 6. The second kappa shape index (κ2) is 15.3. The van der Waals surface area contributed by atoms with Crippen molar-refractivity contribution < 1.29 is 8.83 Å². The van der Waals surface area contributed by atoms with E-state index in [1.54, 1.807) is 0 Å². The fourth-order valence-electron chi connectivity index (χ4n) is 9.28. The van der Waals surface area contributed by atoms with Crippen molar-refractivity contribution in [1.29, 1.82) is 0 Å². The third-order valence-corrected chi connectivity index (χ3v) is 12.3. The normalized spacial score (nSPS) is 11.5. The van der Waals surface area contributed by atoms with E-state index in [1.807, 2.05) is 18.2 Å². The molecule has 10 aromatic carbocycles. The molecule has 0 unspecified atom stereocenters. The van der Waals surface area contributed by atoms with Crippen LogP contribution in [-0.2, 0) is 0 Å². The summed E-state index contributed by atoms with van der Waals surface area (Å²) < 4.78 is 12.8. The van der Waals surface area contributed by atoms with Gasteiger partial charge in [-0.2, -0.15) is 0 Å². The van der Waals surface area contributed by atoms with Crippen LogP contribution < -0.4 is 4.90 Å². The molecule has 2 aromatic heterocycles. The van der Waals surface area contributed by atoms with Crippen LogP contribution in [0.15, 0.2) is 245 Å². The highest BCUT2D eigenvalue weighted by Gasteiger charge is 2.19. The first-order valence-corrected chi connectivity index (χ1v) is 21.4. The summed E-state index contributed by atoms with van der Waals surface area (Å²) >= 11 is 0. The Morgan fingerprint density at radius 3 is 1.48 bits per heavy atom. The summed E-state index contributed by atoms with van der Waals surface area (Å²) in [5.41, 5.74) is 18.3. The molecule has 0 aliphatic heterocycles. The maximum absolute atomic E-state index is 6.52. The van der Waals surface area contributed by atoms with Crippen molar-refractivity contribution in [1.82, 2.24) is 0 Å². The Hall–Kier alpha value is -8.40. The van der Waals surface area contributed by atoms with Crippen LogP contribution in [0.4, 0.5) is 17.1 Å². The number of anilines is 3. The van der Waals surface area contributed by atoms with E-state index in [0.717, 1.165) is 94.3 Å². The van der Waals surface area contributed by atoms with Gasteiger partial charge in [0.05, 0.1) is 0 Å². The molecule has 0 radical (unpaired) electrons. The van der Waals surface area contributed by atoms with Crippen LogP contribution in [0, 0.1) is 0 Å². The molecule has 0 fully saturated rings. The molecule has 0 saturated carbocycles. The lowest BCUT2D eigenvalue weighted by molar-refractivity contribution is 0.669. The maximum atomic E-state index is 6.52. The molecule has 0 atom stereocenters. The zero-order valence-electron chi connectivity index (χ0n) is 34.3. The molecule has 12 aromatic rings. The molecular weight excluding hydrogens is 767 g/mol. The fourth-order valence-corrected chi connectivity index (χ4v) is 9.28. The minimum Gasteiger partial charge on any atom is -0.456 e. The number of para-hydroxylation sites is 2. The van der Waals surface area contributed by atoms with Gasteiger partial charge in [0.15, 0.2) is 0 Å². The fraction of sp³-hybridized carbons (Fsp3) is 0. The van der Waals surface area contributed by atoms with Gasteiger partial charge in [-0.1, -0.05) is 176 Å². The summed E-state index contributed by atoms with van der Waals surface area (Å²) in [4.78, 5) is 2.36. The third kappa shape index (κ3) is 6.46. The van der Waals surface area contributed by atoms with Crippen molar-refractivity contribution in [2.75, 3.05) is 4.90 Å². The molecule has 3 heteroatoms. The first-order valence-electron chi connectivity index (χ1n) is 21.4. The van der Waals surface area contributed by atoms with Gasteiger partial charge in [-0.3, -0.25) is 0 Å². The number of hydrogen-bond acceptors (Lipinski definition) is 3. The van der Waals surface area contributed by atoms with Crippen molar-refractivity contribution in [2.24, 2.45) is 0 Å². The van der Waals surface area contributed by atoms with Gasteiger partial charge in [0, 0.05) is 44.2 Å².